The third kappa shape index (κ3) is 6.12. The summed E-state index contributed by atoms with van der Waals surface area (Å²) in [6.07, 6.45) is 5.61. The van der Waals surface area contributed by atoms with Crippen LogP contribution < -0.4 is 10.6 Å². The summed E-state index contributed by atoms with van der Waals surface area (Å²) in [5, 5.41) is 7.43. The number of aromatic nitrogens is 1. The minimum absolute atomic E-state index is 0.107. The van der Waals surface area contributed by atoms with Crippen molar-refractivity contribution >= 4 is 35.1 Å². The molecule has 6 nitrogen and oxygen atoms in total. The maximum Gasteiger partial charge on any atom is 0.306 e. The molecule has 2 N–H and O–H groups in total. The molecule has 1 aliphatic carbocycles. The summed E-state index contributed by atoms with van der Waals surface area (Å²) in [7, 11) is 3.56. The van der Waals surface area contributed by atoms with Crippen LogP contribution >= 0.6 is 23.2 Å². The van der Waals surface area contributed by atoms with E-state index in [4.69, 9.17) is 27.9 Å². The Morgan fingerprint density at radius 3 is 2.68 bits per heavy atom. The first-order valence-electron chi connectivity index (χ1n) is 8.65. The predicted molar refractivity (Wildman–Crippen MR) is 101 cm³/mol. The molecule has 0 spiro atoms. The first-order valence-corrected chi connectivity index (χ1v) is 9.40. The van der Waals surface area contributed by atoms with Gasteiger partial charge >= 0.3 is 5.97 Å². The van der Waals surface area contributed by atoms with E-state index >= 15 is 0 Å². The van der Waals surface area contributed by atoms with Crippen LogP contribution in [-0.2, 0) is 23.1 Å². The number of guanidine groups is 1. The van der Waals surface area contributed by atoms with E-state index in [0.29, 0.717) is 42.1 Å². The van der Waals surface area contributed by atoms with Gasteiger partial charge in [-0.1, -0.05) is 23.2 Å². The van der Waals surface area contributed by atoms with Gasteiger partial charge in [0.2, 0.25) is 0 Å². The number of halogens is 2. The predicted octanol–water partition coefficient (Wildman–Crippen LogP) is 3.26. The van der Waals surface area contributed by atoms with Crippen molar-refractivity contribution in [3.05, 3.63) is 21.9 Å². The van der Waals surface area contributed by atoms with Gasteiger partial charge in [0.15, 0.2) is 5.96 Å². The second-order valence-electron chi connectivity index (χ2n) is 6.19. The number of ether oxygens (including phenoxy) is 1. The van der Waals surface area contributed by atoms with Gasteiger partial charge in [-0.05, 0) is 38.2 Å². The third-order valence-electron chi connectivity index (χ3n) is 4.33. The second-order valence-corrected chi connectivity index (χ2v) is 6.95. The van der Waals surface area contributed by atoms with E-state index in [9.17, 15) is 4.79 Å². The van der Waals surface area contributed by atoms with Crippen molar-refractivity contribution in [3.8, 4) is 0 Å². The van der Waals surface area contributed by atoms with Gasteiger partial charge in [0.1, 0.15) is 11.3 Å². The maximum atomic E-state index is 11.8. The molecule has 8 heteroatoms. The minimum atomic E-state index is -0.107. The molecule has 1 aromatic heterocycles. The molecule has 0 radical (unpaired) electrons. The van der Waals surface area contributed by atoms with Crippen molar-refractivity contribution in [2.75, 3.05) is 13.6 Å². The van der Waals surface area contributed by atoms with Gasteiger partial charge in [0, 0.05) is 32.8 Å². The molecule has 1 heterocycles. The molecule has 0 bridgehead atoms. The van der Waals surface area contributed by atoms with Crippen molar-refractivity contribution in [2.45, 2.75) is 51.2 Å². The number of carbonyl (C=O) groups is 1. The van der Waals surface area contributed by atoms with E-state index in [2.05, 4.69) is 15.6 Å². The van der Waals surface area contributed by atoms with Crippen LogP contribution in [0.2, 0.25) is 10.2 Å². The zero-order chi connectivity index (χ0) is 18.2. The summed E-state index contributed by atoms with van der Waals surface area (Å²) in [6.45, 7) is 1.19. The molecule has 0 atom stereocenters. The summed E-state index contributed by atoms with van der Waals surface area (Å²) in [5.74, 6) is 0.558. The number of rotatable bonds is 7. The molecule has 0 saturated heterocycles. The SMILES string of the molecule is CN=C(NCCCC(=O)OC1CCCC1)NCc1cc(Cl)c(Cl)n1C. The van der Waals surface area contributed by atoms with E-state index in [1.165, 1.54) is 12.8 Å². The van der Waals surface area contributed by atoms with Crippen LogP contribution in [0.3, 0.4) is 0 Å². The van der Waals surface area contributed by atoms with Crippen molar-refractivity contribution in [2.24, 2.45) is 12.0 Å². The van der Waals surface area contributed by atoms with Crippen LogP contribution in [0.1, 0.15) is 44.2 Å². The molecule has 0 aromatic carbocycles. The molecule has 140 valence electrons. The Kier molecular flexibility index (Phi) is 7.90. The van der Waals surface area contributed by atoms with E-state index in [0.717, 1.165) is 18.5 Å². The van der Waals surface area contributed by atoms with Crippen LogP contribution in [0.25, 0.3) is 0 Å². The molecule has 0 aliphatic heterocycles. The van der Waals surface area contributed by atoms with Gasteiger partial charge in [-0.3, -0.25) is 9.79 Å². The lowest BCUT2D eigenvalue weighted by atomic mass is 10.3. The Morgan fingerprint density at radius 2 is 2.08 bits per heavy atom. The standard InChI is InChI=1S/C17H26Cl2N4O2/c1-20-17(22-11-12-10-14(18)16(19)23(12)2)21-9-5-8-15(24)25-13-6-3-4-7-13/h10,13H,3-9,11H2,1-2H3,(H2,20,21,22). The lowest BCUT2D eigenvalue weighted by Crippen LogP contribution is -2.37. The number of hydrogen-bond acceptors (Lipinski definition) is 3. The quantitative estimate of drug-likeness (QED) is 0.325. The number of nitrogens with zero attached hydrogens (tertiary/aromatic N) is 2. The number of nitrogens with one attached hydrogen (secondary N) is 2. The molecule has 1 aromatic rings. The lowest BCUT2D eigenvalue weighted by molar-refractivity contribution is -0.148. The highest BCUT2D eigenvalue weighted by atomic mass is 35.5. The number of aliphatic imine (C=N–C) groups is 1. The van der Waals surface area contributed by atoms with Crippen molar-refractivity contribution in [1.29, 1.82) is 0 Å². The molecule has 1 saturated carbocycles. The molecule has 1 aliphatic rings. The average molecular weight is 389 g/mol. The molecule has 0 amide bonds. The number of esters is 1. The molecule has 2 rings (SSSR count). The van der Waals surface area contributed by atoms with Gasteiger partial charge in [-0.15, -0.1) is 0 Å². The van der Waals surface area contributed by atoms with Crippen LogP contribution in [-0.4, -0.2) is 36.2 Å². The summed E-state index contributed by atoms with van der Waals surface area (Å²) >= 11 is 12.1. The highest BCUT2D eigenvalue weighted by molar-refractivity contribution is 6.41. The van der Waals surface area contributed by atoms with Gasteiger partial charge in [-0.2, -0.15) is 0 Å². The van der Waals surface area contributed by atoms with Gasteiger partial charge in [-0.25, -0.2) is 0 Å². The molecule has 1 fully saturated rings. The number of carbonyl (C=O) groups excluding carboxylic acids is 1. The fraction of sp³-hybridized carbons (Fsp3) is 0.647. The normalized spacial score (nSPS) is 15.4. The highest BCUT2D eigenvalue weighted by Crippen LogP contribution is 2.25. The first kappa shape index (κ1) is 19.9. The van der Waals surface area contributed by atoms with Gasteiger partial charge in [0.05, 0.1) is 11.6 Å². The van der Waals surface area contributed by atoms with Crippen LogP contribution in [0, 0.1) is 0 Å². The van der Waals surface area contributed by atoms with Crippen LogP contribution in [0.4, 0.5) is 0 Å². The third-order valence-corrected chi connectivity index (χ3v) is 5.17. The smallest absolute Gasteiger partial charge is 0.306 e. The Balaban J connectivity index is 1.64. The topological polar surface area (TPSA) is 67.7 Å². The fourth-order valence-corrected chi connectivity index (χ4v) is 3.26. The average Bonchev–Trinajstić information content (AvgIpc) is 3.18. The van der Waals surface area contributed by atoms with E-state index in [1.807, 2.05) is 17.7 Å². The lowest BCUT2D eigenvalue weighted by Gasteiger charge is -2.13. The summed E-state index contributed by atoms with van der Waals surface area (Å²) in [4.78, 5) is 15.9. The summed E-state index contributed by atoms with van der Waals surface area (Å²) in [5.41, 5.74) is 0.957. The molecular formula is C17H26Cl2N4O2. The van der Waals surface area contributed by atoms with E-state index in [1.54, 1.807) is 7.05 Å². The van der Waals surface area contributed by atoms with Gasteiger partial charge < -0.3 is 19.9 Å². The largest absolute Gasteiger partial charge is 0.462 e. The zero-order valence-electron chi connectivity index (χ0n) is 14.8. The number of hydrogen-bond donors (Lipinski definition) is 2. The summed E-state index contributed by atoms with van der Waals surface area (Å²) < 4.78 is 7.26. The molecule has 25 heavy (non-hydrogen) atoms. The Hall–Kier alpha value is -1.40. The van der Waals surface area contributed by atoms with Crippen LogP contribution in [0.5, 0.6) is 0 Å². The Bertz CT molecular complexity index is 610. The Morgan fingerprint density at radius 1 is 1.36 bits per heavy atom. The second kappa shape index (κ2) is 9.92. The zero-order valence-corrected chi connectivity index (χ0v) is 16.3. The van der Waals surface area contributed by atoms with Crippen LogP contribution in [0.15, 0.2) is 11.1 Å². The molecular weight excluding hydrogens is 363 g/mol. The van der Waals surface area contributed by atoms with E-state index in [-0.39, 0.29) is 12.1 Å². The van der Waals surface area contributed by atoms with Crippen molar-refractivity contribution in [1.82, 2.24) is 15.2 Å². The Labute approximate surface area is 158 Å². The molecule has 0 unspecified atom stereocenters. The minimum Gasteiger partial charge on any atom is -0.462 e. The maximum absolute atomic E-state index is 11.8. The summed E-state index contributed by atoms with van der Waals surface area (Å²) in [6, 6.07) is 1.82. The first-order chi connectivity index (χ1) is 12.0. The van der Waals surface area contributed by atoms with Crippen molar-refractivity contribution < 1.29 is 9.53 Å². The van der Waals surface area contributed by atoms with Gasteiger partial charge in [0.25, 0.3) is 0 Å². The highest BCUT2D eigenvalue weighted by Gasteiger charge is 2.18. The van der Waals surface area contributed by atoms with Crippen molar-refractivity contribution in [3.63, 3.8) is 0 Å². The fourth-order valence-electron chi connectivity index (χ4n) is 2.84. The van der Waals surface area contributed by atoms with E-state index < -0.39 is 0 Å². The monoisotopic (exact) mass is 388 g/mol.